The normalized spacial score (nSPS) is 11.8. The van der Waals surface area contributed by atoms with E-state index in [0.29, 0.717) is 6.61 Å². The zero-order valence-corrected chi connectivity index (χ0v) is 16.8. The Kier molecular flexibility index (Phi) is 5.81. The minimum atomic E-state index is -3.84. The molecule has 0 saturated carbocycles. The molecule has 0 fully saturated rings. The molecule has 8 heteroatoms. The summed E-state index contributed by atoms with van der Waals surface area (Å²) in [5.41, 5.74) is 1.88. The van der Waals surface area contributed by atoms with Crippen LogP contribution in [0.1, 0.15) is 18.1 Å². The Balaban J connectivity index is 1.80. The monoisotopic (exact) mass is 403 g/mol. The molecule has 0 aliphatic carbocycles. The molecule has 0 unspecified atom stereocenters. The average Bonchev–Trinajstić information content (AvgIpc) is 3.09. The van der Waals surface area contributed by atoms with Crippen molar-refractivity contribution in [1.82, 2.24) is 14.1 Å². The van der Waals surface area contributed by atoms with Gasteiger partial charge in [-0.3, -0.25) is 0 Å². The summed E-state index contributed by atoms with van der Waals surface area (Å²) >= 11 is 0. The number of halogens is 1. The molecule has 6 nitrogen and oxygen atoms in total. The fourth-order valence-electron chi connectivity index (χ4n) is 2.76. The summed E-state index contributed by atoms with van der Waals surface area (Å²) in [4.78, 5) is -0.105. The maximum absolute atomic E-state index is 14.5. The van der Waals surface area contributed by atoms with Gasteiger partial charge in [-0.2, -0.15) is 9.40 Å². The molecule has 0 amide bonds. The first kappa shape index (κ1) is 20.0. The Morgan fingerprint density at radius 2 is 1.89 bits per heavy atom. The quantitative estimate of drug-likeness (QED) is 0.605. The molecular weight excluding hydrogens is 381 g/mol. The second kappa shape index (κ2) is 8.12. The maximum Gasteiger partial charge on any atom is 0.243 e. The van der Waals surface area contributed by atoms with Crippen molar-refractivity contribution in [2.24, 2.45) is 0 Å². The zero-order chi connectivity index (χ0) is 20.3. The van der Waals surface area contributed by atoms with Crippen LogP contribution in [-0.2, 0) is 16.6 Å². The Bertz CT molecular complexity index is 1060. The van der Waals surface area contributed by atoms with Crippen LogP contribution < -0.4 is 4.74 Å². The number of rotatable bonds is 7. The lowest BCUT2D eigenvalue weighted by atomic mass is 10.2. The van der Waals surface area contributed by atoms with Crippen LogP contribution in [0.5, 0.6) is 5.75 Å². The maximum atomic E-state index is 14.5. The van der Waals surface area contributed by atoms with Gasteiger partial charge >= 0.3 is 0 Å². The van der Waals surface area contributed by atoms with Gasteiger partial charge in [0.1, 0.15) is 17.3 Å². The minimum absolute atomic E-state index is 0.105. The Labute approximate surface area is 164 Å². The van der Waals surface area contributed by atoms with Crippen LogP contribution >= 0.6 is 0 Å². The molecule has 0 atom stereocenters. The number of benzene rings is 2. The second-order valence-corrected chi connectivity index (χ2v) is 8.46. The minimum Gasteiger partial charge on any atom is -0.494 e. The van der Waals surface area contributed by atoms with Crippen molar-refractivity contribution < 1.29 is 17.5 Å². The summed E-state index contributed by atoms with van der Waals surface area (Å²) in [6, 6.07) is 11.0. The molecule has 148 valence electrons. The van der Waals surface area contributed by atoms with Crippen molar-refractivity contribution in [3.63, 3.8) is 0 Å². The van der Waals surface area contributed by atoms with Crippen molar-refractivity contribution in [3.8, 4) is 11.4 Å². The predicted molar refractivity (Wildman–Crippen MR) is 105 cm³/mol. The first-order valence-electron chi connectivity index (χ1n) is 8.80. The van der Waals surface area contributed by atoms with Gasteiger partial charge in [0, 0.05) is 19.8 Å². The number of aromatic nitrogens is 2. The van der Waals surface area contributed by atoms with Crippen LogP contribution in [-0.4, -0.2) is 36.2 Å². The molecule has 3 rings (SSSR count). The van der Waals surface area contributed by atoms with E-state index in [2.05, 4.69) is 5.10 Å². The molecule has 0 N–H and O–H groups in total. The molecule has 0 spiro atoms. The van der Waals surface area contributed by atoms with Crippen molar-refractivity contribution in [2.45, 2.75) is 25.3 Å². The van der Waals surface area contributed by atoms with E-state index in [1.54, 1.807) is 36.7 Å². The highest BCUT2D eigenvalue weighted by atomic mass is 32.2. The van der Waals surface area contributed by atoms with Crippen LogP contribution in [0.4, 0.5) is 4.39 Å². The number of nitrogens with zero attached hydrogens (tertiary/aromatic N) is 3. The summed E-state index contributed by atoms with van der Waals surface area (Å²) in [6.07, 6.45) is 3.28. The lowest BCUT2D eigenvalue weighted by Gasteiger charge is -2.18. The largest absolute Gasteiger partial charge is 0.494 e. The third kappa shape index (κ3) is 4.23. The number of ether oxygens (including phenoxy) is 1. The van der Waals surface area contributed by atoms with Crippen LogP contribution in [0.25, 0.3) is 5.69 Å². The highest BCUT2D eigenvalue weighted by Gasteiger charge is 2.22. The molecular formula is C20H22FN3O3S. The molecule has 0 aliphatic heterocycles. The van der Waals surface area contributed by atoms with Crippen LogP contribution in [0.2, 0.25) is 0 Å². The number of aryl methyl sites for hydroxylation is 1. The van der Waals surface area contributed by atoms with Gasteiger partial charge in [-0.1, -0.05) is 12.1 Å². The fourth-order valence-corrected chi connectivity index (χ4v) is 3.93. The summed E-state index contributed by atoms with van der Waals surface area (Å²) in [5, 5.41) is 4.06. The summed E-state index contributed by atoms with van der Waals surface area (Å²) in [7, 11) is -2.37. The first-order chi connectivity index (χ1) is 13.3. The molecule has 3 aromatic rings. The molecule has 0 bridgehead atoms. The van der Waals surface area contributed by atoms with E-state index in [-0.39, 0.29) is 17.1 Å². The zero-order valence-electron chi connectivity index (χ0n) is 16.0. The van der Waals surface area contributed by atoms with Gasteiger partial charge in [0.2, 0.25) is 10.0 Å². The number of hydrogen-bond acceptors (Lipinski definition) is 4. The van der Waals surface area contributed by atoms with Crippen molar-refractivity contribution in [2.75, 3.05) is 13.7 Å². The van der Waals surface area contributed by atoms with E-state index >= 15 is 0 Å². The third-order valence-electron chi connectivity index (χ3n) is 4.23. The SMILES string of the molecule is CCOc1ccc(CN(C)S(=O)(=O)c2ccc(-n3cc(C)cn3)c(F)c2)cc1. The lowest BCUT2D eigenvalue weighted by molar-refractivity contribution is 0.340. The van der Waals surface area contributed by atoms with Crippen molar-refractivity contribution in [3.05, 3.63) is 71.8 Å². The van der Waals surface area contributed by atoms with E-state index < -0.39 is 15.8 Å². The Morgan fingerprint density at radius 3 is 2.46 bits per heavy atom. The molecule has 0 radical (unpaired) electrons. The molecule has 28 heavy (non-hydrogen) atoms. The Morgan fingerprint density at radius 1 is 1.18 bits per heavy atom. The van der Waals surface area contributed by atoms with Crippen molar-refractivity contribution >= 4 is 10.0 Å². The standard InChI is InChI=1S/C20H22FN3O3S/c1-4-27-17-7-5-16(6-8-17)14-23(3)28(25,26)18-9-10-20(19(21)11-18)24-13-15(2)12-22-24/h5-13H,4,14H2,1-3H3. The number of sulfonamides is 1. The van der Waals surface area contributed by atoms with Gasteiger partial charge in [0.15, 0.2) is 0 Å². The second-order valence-electron chi connectivity index (χ2n) is 6.41. The van der Waals surface area contributed by atoms with E-state index in [4.69, 9.17) is 4.74 Å². The van der Waals surface area contributed by atoms with Crippen LogP contribution in [0, 0.1) is 12.7 Å². The van der Waals surface area contributed by atoms with Gasteiger partial charge in [-0.05, 0) is 55.3 Å². The first-order valence-corrected chi connectivity index (χ1v) is 10.2. The molecule has 1 heterocycles. The molecule has 0 saturated heterocycles. The molecule has 0 aliphatic rings. The molecule has 1 aromatic heterocycles. The van der Waals surface area contributed by atoms with E-state index in [9.17, 15) is 12.8 Å². The van der Waals surface area contributed by atoms with E-state index in [1.165, 1.54) is 28.2 Å². The van der Waals surface area contributed by atoms with Crippen molar-refractivity contribution in [1.29, 1.82) is 0 Å². The highest BCUT2D eigenvalue weighted by molar-refractivity contribution is 7.89. The molecule has 2 aromatic carbocycles. The van der Waals surface area contributed by atoms with Gasteiger partial charge in [-0.25, -0.2) is 17.5 Å². The fraction of sp³-hybridized carbons (Fsp3) is 0.250. The summed E-state index contributed by atoms with van der Waals surface area (Å²) in [6.45, 7) is 4.46. The van der Waals surface area contributed by atoms with E-state index in [1.807, 2.05) is 13.8 Å². The predicted octanol–water partition coefficient (Wildman–Crippen LogP) is 3.54. The van der Waals surface area contributed by atoms with Gasteiger partial charge in [-0.15, -0.1) is 0 Å². The topological polar surface area (TPSA) is 64.4 Å². The summed E-state index contributed by atoms with van der Waals surface area (Å²) < 4.78 is 48.1. The van der Waals surface area contributed by atoms with Gasteiger partial charge in [0.25, 0.3) is 0 Å². The average molecular weight is 403 g/mol. The van der Waals surface area contributed by atoms with Crippen LogP contribution in [0.3, 0.4) is 0 Å². The Hall–Kier alpha value is -2.71. The summed E-state index contributed by atoms with van der Waals surface area (Å²) in [5.74, 6) is 0.0712. The van der Waals surface area contributed by atoms with Gasteiger partial charge in [0.05, 0.1) is 17.7 Å². The smallest absolute Gasteiger partial charge is 0.243 e. The third-order valence-corrected chi connectivity index (χ3v) is 6.02. The van der Waals surface area contributed by atoms with E-state index in [0.717, 1.165) is 22.9 Å². The lowest BCUT2D eigenvalue weighted by Crippen LogP contribution is -2.26. The highest BCUT2D eigenvalue weighted by Crippen LogP contribution is 2.22. The van der Waals surface area contributed by atoms with Crippen LogP contribution in [0.15, 0.2) is 59.8 Å². The number of hydrogen-bond donors (Lipinski definition) is 0. The van der Waals surface area contributed by atoms with Gasteiger partial charge < -0.3 is 4.74 Å².